The second kappa shape index (κ2) is 4.56. The molecule has 1 fully saturated rings. The van der Waals surface area contributed by atoms with Crippen LogP contribution >= 0.6 is 0 Å². The number of nitrogens with one attached hydrogen (secondary N) is 1. The van der Waals surface area contributed by atoms with Gasteiger partial charge in [-0.25, -0.2) is 0 Å². The highest BCUT2D eigenvalue weighted by Crippen LogP contribution is 2.22. The van der Waals surface area contributed by atoms with Gasteiger partial charge in [-0.05, 0) is 6.54 Å². The van der Waals surface area contributed by atoms with Crippen LogP contribution in [0.1, 0.15) is 13.3 Å². The van der Waals surface area contributed by atoms with Gasteiger partial charge in [0, 0.05) is 20.1 Å². The molecule has 0 aromatic carbocycles. The molecular weight excluding hydrogens is 168 g/mol. The Morgan fingerprint density at radius 2 is 2.54 bits per heavy atom. The minimum absolute atomic E-state index is 0.161. The molecule has 1 aliphatic rings. The molecule has 1 aliphatic heterocycles. The van der Waals surface area contributed by atoms with Gasteiger partial charge in [0.05, 0.1) is 12.7 Å². The number of likely N-dealkylation sites (N-methyl/N-ethyl adjacent to an activating group) is 1. The van der Waals surface area contributed by atoms with E-state index in [0.29, 0.717) is 19.6 Å². The summed E-state index contributed by atoms with van der Waals surface area (Å²) in [5, 5.41) is 12.3. The van der Waals surface area contributed by atoms with Gasteiger partial charge in [-0.1, -0.05) is 6.92 Å². The fourth-order valence-electron chi connectivity index (χ4n) is 1.68. The van der Waals surface area contributed by atoms with E-state index in [2.05, 4.69) is 11.4 Å². The molecule has 1 N–H and O–H groups in total. The molecule has 2 unspecified atom stereocenters. The maximum Gasteiger partial charge on any atom is 0.137 e. The Balaban J connectivity index is 2.73. The normalized spacial score (nSPS) is 34.1. The molecule has 0 aromatic rings. The number of hydrogen-bond donors (Lipinski definition) is 1. The molecule has 0 aromatic heterocycles. The quantitative estimate of drug-likeness (QED) is 0.685. The topological polar surface area (TPSA) is 54.3 Å². The van der Waals surface area contributed by atoms with Crippen molar-refractivity contribution >= 4 is 0 Å². The van der Waals surface area contributed by atoms with Gasteiger partial charge >= 0.3 is 0 Å². The van der Waals surface area contributed by atoms with Crippen molar-refractivity contribution in [2.45, 2.75) is 25.0 Å². The number of nitriles is 1. The van der Waals surface area contributed by atoms with Crippen molar-refractivity contribution in [3.63, 3.8) is 0 Å². The Morgan fingerprint density at radius 1 is 1.77 bits per heavy atom. The van der Waals surface area contributed by atoms with Crippen LogP contribution in [0.5, 0.6) is 0 Å². The first-order chi connectivity index (χ1) is 6.29. The summed E-state index contributed by atoms with van der Waals surface area (Å²) in [4.78, 5) is 0. The van der Waals surface area contributed by atoms with Gasteiger partial charge in [0.15, 0.2) is 0 Å². The van der Waals surface area contributed by atoms with E-state index >= 15 is 0 Å². The first-order valence-electron chi connectivity index (χ1n) is 4.56. The predicted octanol–water partition coefficient (Wildman–Crippen LogP) is 0.294. The molecule has 4 nitrogen and oxygen atoms in total. The van der Waals surface area contributed by atoms with Gasteiger partial charge in [-0.3, -0.25) is 5.32 Å². The molecule has 0 bridgehead atoms. The Labute approximate surface area is 78.8 Å². The second-order valence-corrected chi connectivity index (χ2v) is 3.16. The zero-order valence-electron chi connectivity index (χ0n) is 8.17. The van der Waals surface area contributed by atoms with Crippen molar-refractivity contribution in [1.82, 2.24) is 5.32 Å². The van der Waals surface area contributed by atoms with Crippen LogP contribution in [0, 0.1) is 11.3 Å². The molecule has 2 atom stereocenters. The van der Waals surface area contributed by atoms with Crippen molar-refractivity contribution in [2.75, 3.05) is 26.9 Å². The molecule has 0 saturated carbocycles. The summed E-state index contributed by atoms with van der Waals surface area (Å²) >= 11 is 0. The van der Waals surface area contributed by atoms with Gasteiger partial charge in [0.25, 0.3) is 0 Å². The first-order valence-corrected chi connectivity index (χ1v) is 4.56. The lowest BCUT2D eigenvalue weighted by atomic mass is 9.89. The van der Waals surface area contributed by atoms with Crippen molar-refractivity contribution in [3.8, 4) is 6.07 Å². The van der Waals surface area contributed by atoms with E-state index in [1.54, 1.807) is 7.11 Å². The minimum Gasteiger partial charge on any atom is -0.379 e. The summed E-state index contributed by atoms with van der Waals surface area (Å²) in [7, 11) is 1.61. The third kappa shape index (κ3) is 1.99. The SMILES string of the molecule is CCNC1(C#N)CCOCC1OC. The van der Waals surface area contributed by atoms with Crippen molar-refractivity contribution < 1.29 is 9.47 Å². The van der Waals surface area contributed by atoms with Crippen LogP contribution in [-0.2, 0) is 9.47 Å². The van der Waals surface area contributed by atoms with E-state index in [0.717, 1.165) is 6.54 Å². The number of ether oxygens (including phenoxy) is 2. The molecule has 0 amide bonds. The maximum absolute atomic E-state index is 9.13. The van der Waals surface area contributed by atoms with Crippen LogP contribution in [0.4, 0.5) is 0 Å². The Hall–Kier alpha value is -0.630. The fraction of sp³-hybridized carbons (Fsp3) is 0.889. The fourth-order valence-corrected chi connectivity index (χ4v) is 1.68. The predicted molar refractivity (Wildman–Crippen MR) is 48.3 cm³/mol. The summed E-state index contributed by atoms with van der Waals surface area (Å²) in [5.41, 5.74) is -0.554. The Kier molecular flexibility index (Phi) is 3.67. The van der Waals surface area contributed by atoms with Crippen molar-refractivity contribution in [2.24, 2.45) is 0 Å². The van der Waals surface area contributed by atoms with E-state index in [1.165, 1.54) is 0 Å². The van der Waals surface area contributed by atoms with Crippen molar-refractivity contribution in [1.29, 1.82) is 5.26 Å². The lowest BCUT2D eigenvalue weighted by molar-refractivity contribution is -0.0710. The monoisotopic (exact) mass is 184 g/mol. The highest BCUT2D eigenvalue weighted by atomic mass is 16.5. The largest absolute Gasteiger partial charge is 0.379 e. The van der Waals surface area contributed by atoms with E-state index in [-0.39, 0.29) is 6.10 Å². The van der Waals surface area contributed by atoms with Gasteiger partial charge in [0.2, 0.25) is 0 Å². The lowest BCUT2D eigenvalue weighted by Gasteiger charge is -2.38. The smallest absolute Gasteiger partial charge is 0.137 e. The number of hydrogen-bond acceptors (Lipinski definition) is 4. The van der Waals surface area contributed by atoms with E-state index in [4.69, 9.17) is 14.7 Å². The maximum atomic E-state index is 9.13. The van der Waals surface area contributed by atoms with Crippen LogP contribution in [-0.4, -0.2) is 38.5 Å². The molecule has 0 spiro atoms. The third-order valence-corrected chi connectivity index (χ3v) is 2.44. The Morgan fingerprint density at radius 3 is 3.08 bits per heavy atom. The molecule has 1 heterocycles. The summed E-state index contributed by atoms with van der Waals surface area (Å²) in [6.07, 6.45) is 0.529. The lowest BCUT2D eigenvalue weighted by Crippen LogP contribution is -2.59. The molecule has 1 rings (SSSR count). The molecule has 74 valence electrons. The first kappa shape index (κ1) is 10.5. The van der Waals surface area contributed by atoms with Crippen molar-refractivity contribution in [3.05, 3.63) is 0 Å². The van der Waals surface area contributed by atoms with E-state index in [9.17, 15) is 0 Å². The molecule has 13 heavy (non-hydrogen) atoms. The zero-order chi connectivity index (χ0) is 9.73. The van der Waals surface area contributed by atoms with Gasteiger partial charge in [-0.2, -0.15) is 5.26 Å². The highest BCUT2D eigenvalue weighted by Gasteiger charge is 2.41. The summed E-state index contributed by atoms with van der Waals surface area (Å²) in [5.74, 6) is 0. The molecule has 0 aliphatic carbocycles. The van der Waals surface area contributed by atoms with Gasteiger partial charge in [0.1, 0.15) is 11.6 Å². The third-order valence-electron chi connectivity index (χ3n) is 2.44. The van der Waals surface area contributed by atoms with Crippen LogP contribution in [0.3, 0.4) is 0 Å². The Bertz CT molecular complexity index is 198. The number of methoxy groups -OCH3 is 1. The molecule has 0 radical (unpaired) electrons. The number of rotatable bonds is 3. The van der Waals surface area contributed by atoms with Crippen LogP contribution in [0.25, 0.3) is 0 Å². The van der Waals surface area contributed by atoms with Crippen LogP contribution in [0.15, 0.2) is 0 Å². The second-order valence-electron chi connectivity index (χ2n) is 3.16. The average Bonchev–Trinajstić information content (AvgIpc) is 2.19. The summed E-state index contributed by atoms with van der Waals surface area (Å²) in [6, 6.07) is 2.30. The van der Waals surface area contributed by atoms with Gasteiger partial charge < -0.3 is 9.47 Å². The standard InChI is InChI=1S/C9H16N2O2/c1-3-11-9(7-10)4-5-13-6-8(9)12-2/h8,11H,3-6H2,1-2H3. The summed E-state index contributed by atoms with van der Waals surface area (Å²) < 4.78 is 10.5. The zero-order valence-corrected chi connectivity index (χ0v) is 8.17. The molecule has 4 heteroatoms. The number of nitrogens with zero attached hydrogens (tertiary/aromatic N) is 1. The van der Waals surface area contributed by atoms with E-state index in [1.807, 2.05) is 6.92 Å². The van der Waals surface area contributed by atoms with Gasteiger partial charge in [-0.15, -0.1) is 0 Å². The summed E-state index contributed by atoms with van der Waals surface area (Å²) in [6.45, 7) is 3.88. The minimum atomic E-state index is -0.554. The van der Waals surface area contributed by atoms with E-state index < -0.39 is 5.54 Å². The van der Waals surface area contributed by atoms with Crippen LogP contribution in [0.2, 0.25) is 0 Å². The average molecular weight is 184 g/mol. The highest BCUT2D eigenvalue weighted by molar-refractivity contribution is 5.13. The molecular formula is C9H16N2O2. The molecule has 1 saturated heterocycles. The van der Waals surface area contributed by atoms with Crippen LogP contribution < -0.4 is 5.32 Å².